The van der Waals surface area contributed by atoms with E-state index in [-0.39, 0.29) is 5.56 Å². The Morgan fingerprint density at radius 1 is 0.917 bits per heavy atom. The summed E-state index contributed by atoms with van der Waals surface area (Å²) in [5, 5.41) is 0.299. The molecule has 2 N–H and O–H groups in total. The number of halogens is 1. The Morgan fingerprint density at radius 3 is 2.17 bits per heavy atom. The third-order valence-corrected chi connectivity index (χ3v) is 3.41. The lowest BCUT2D eigenvalue weighted by Gasteiger charge is -2.12. The van der Waals surface area contributed by atoms with Crippen molar-refractivity contribution in [3.63, 3.8) is 0 Å². The van der Waals surface area contributed by atoms with Crippen molar-refractivity contribution in [1.29, 1.82) is 0 Å². The van der Waals surface area contributed by atoms with Crippen LogP contribution < -0.4 is 15.6 Å². The van der Waals surface area contributed by atoms with Gasteiger partial charge in [0.25, 0.3) is 11.8 Å². The van der Waals surface area contributed by atoms with E-state index in [1.807, 2.05) is 0 Å². The summed E-state index contributed by atoms with van der Waals surface area (Å²) in [5.74, 6) is -0.603. The topological polar surface area (TPSA) is 76.7 Å². The molecule has 0 bridgehead atoms. The molecule has 0 aliphatic heterocycles. The zero-order valence-electron chi connectivity index (χ0n) is 13.0. The second kappa shape index (κ2) is 8.90. The van der Waals surface area contributed by atoms with Gasteiger partial charge in [-0.1, -0.05) is 35.9 Å². The third kappa shape index (κ3) is 4.71. The number of ether oxygens (including phenoxy) is 2. The molecule has 0 aromatic heterocycles. The number of carbonyl (C=O) groups excluding carboxylic acids is 2. The summed E-state index contributed by atoms with van der Waals surface area (Å²) in [4.78, 5) is 24.3. The number of amides is 2. The van der Waals surface area contributed by atoms with Gasteiger partial charge in [0.15, 0.2) is 0 Å². The highest BCUT2D eigenvalue weighted by Crippen LogP contribution is 2.18. The second-order valence-electron chi connectivity index (χ2n) is 4.73. The van der Waals surface area contributed by atoms with E-state index in [0.717, 1.165) is 0 Å². The molecule has 2 amide bonds. The van der Waals surface area contributed by atoms with Crippen molar-refractivity contribution in [2.75, 3.05) is 20.3 Å². The van der Waals surface area contributed by atoms with E-state index in [9.17, 15) is 9.59 Å². The van der Waals surface area contributed by atoms with Gasteiger partial charge < -0.3 is 9.47 Å². The van der Waals surface area contributed by atoms with E-state index in [1.54, 1.807) is 55.6 Å². The van der Waals surface area contributed by atoms with Crippen molar-refractivity contribution in [2.24, 2.45) is 0 Å². The molecule has 7 heteroatoms. The van der Waals surface area contributed by atoms with Gasteiger partial charge in [-0.25, -0.2) is 0 Å². The van der Waals surface area contributed by atoms with Gasteiger partial charge in [0.2, 0.25) is 0 Å². The minimum absolute atomic E-state index is 0.268. The van der Waals surface area contributed by atoms with Gasteiger partial charge in [-0.05, 0) is 24.3 Å². The van der Waals surface area contributed by atoms with Gasteiger partial charge in [0.1, 0.15) is 12.4 Å². The van der Waals surface area contributed by atoms with Gasteiger partial charge in [-0.15, -0.1) is 0 Å². The van der Waals surface area contributed by atoms with Crippen LogP contribution in [0.3, 0.4) is 0 Å². The van der Waals surface area contributed by atoms with Gasteiger partial charge in [-0.2, -0.15) is 0 Å². The number of methoxy groups -OCH3 is 1. The van der Waals surface area contributed by atoms with Crippen molar-refractivity contribution >= 4 is 23.4 Å². The lowest BCUT2D eigenvalue weighted by molar-refractivity contribution is 0.0843. The molecule has 2 rings (SSSR count). The SMILES string of the molecule is COCCOc1ccccc1C(=O)NNC(=O)c1ccccc1Cl. The van der Waals surface area contributed by atoms with Crippen LogP contribution in [0.1, 0.15) is 20.7 Å². The molecule has 0 saturated carbocycles. The first-order chi connectivity index (χ1) is 11.6. The summed E-state index contributed by atoms with van der Waals surface area (Å²) in [5.41, 5.74) is 5.24. The first-order valence-corrected chi connectivity index (χ1v) is 7.57. The second-order valence-corrected chi connectivity index (χ2v) is 5.13. The van der Waals surface area contributed by atoms with Gasteiger partial charge in [0, 0.05) is 7.11 Å². The van der Waals surface area contributed by atoms with Crippen molar-refractivity contribution in [1.82, 2.24) is 10.9 Å². The van der Waals surface area contributed by atoms with Gasteiger partial charge in [0.05, 0.1) is 22.8 Å². The minimum atomic E-state index is -0.508. The first-order valence-electron chi connectivity index (χ1n) is 7.19. The van der Waals surface area contributed by atoms with E-state index in [2.05, 4.69) is 10.9 Å². The molecule has 2 aromatic rings. The molecule has 0 heterocycles. The van der Waals surface area contributed by atoms with Crippen molar-refractivity contribution in [3.8, 4) is 5.75 Å². The van der Waals surface area contributed by atoms with Gasteiger partial charge in [-0.3, -0.25) is 20.4 Å². The molecular formula is C17H17ClN2O4. The number of para-hydroxylation sites is 1. The van der Waals surface area contributed by atoms with Crippen molar-refractivity contribution < 1.29 is 19.1 Å². The number of hydrogen-bond acceptors (Lipinski definition) is 4. The van der Waals surface area contributed by atoms with E-state index in [0.29, 0.717) is 29.5 Å². The number of hydrogen-bond donors (Lipinski definition) is 2. The Bertz CT molecular complexity index is 721. The number of rotatable bonds is 6. The van der Waals surface area contributed by atoms with Crippen LogP contribution in [-0.2, 0) is 4.74 Å². The molecule has 6 nitrogen and oxygen atoms in total. The molecule has 0 aliphatic rings. The zero-order valence-corrected chi connectivity index (χ0v) is 13.8. The predicted octanol–water partition coefficient (Wildman–Crippen LogP) is 2.44. The molecule has 0 spiro atoms. The molecule has 0 radical (unpaired) electrons. The molecule has 24 heavy (non-hydrogen) atoms. The highest BCUT2D eigenvalue weighted by molar-refractivity contribution is 6.33. The van der Waals surface area contributed by atoms with Crippen molar-refractivity contribution in [3.05, 3.63) is 64.7 Å². The fourth-order valence-electron chi connectivity index (χ4n) is 1.91. The molecular weight excluding hydrogens is 332 g/mol. The molecule has 0 unspecified atom stereocenters. The standard InChI is InChI=1S/C17H17ClN2O4/c1-23-10-11-24-15-9-5-3-7-13(15)17(22)20-19-16(21)12-6-2-4-8-14(12)18/h2-9H,10-11H2,1H3,(H,19,21)(H,20,22). The van der Waals surface area contributed by atoms with Crippen LogP contribution >= 0.6 is 11.6 Å². The first kappa shape index (κ1) is 17.8. The van der Waals surface area contributed by atoms with Crippen LogP contribution in [-0.4, -0.2) is 32.1 Å². The quantitative estimate of drug-likeness (QED) is 0.621. The number of benzene rings is 2. The lowest BCUT2D eigenvalue weighted by Crippen LogP contribution is -2.41. The van der Waals surface area contributed by atoms with Crippen LogP contribution in [0.4, 0.5) is 0 Å². The monoisotopic (exact) mass is 348 g/mol. The molecule has 2 aromatic carbocycles. The largest absolute Gasteiger partial charge is 0.490 e. The maximum Gasteiger partial charge on any atom is 0.273 e. The molecule has 0 fully saturated rings. The van der Waals surface area contributed by atoms with Crippen LogP contribution in [0.5, 0.6) is 5.75 Å². The Hall–Kier alpha value is -2.57. The molecule has 0 aliphatic carbocycles. The normalized spacial score (nSPS) is 10.1. The predicted molar refractivity (Wildman–Crippen MR) is 90.2 cm³/mol. The summed E-state index contributed by atoms with van der Waals surface area (Å²) in [6, 6.07) is 13.3. The van der Waals surface area contributed by atoms with Crippen molar-refractivity contribution in [2.45, 2.75) is 0 Å². The number of carbonyl (C=O) groups is 2. The summed E-state index contributed by atoms with van der Waals surface area (Å²) < 4.78 is 10.4. The number of hydrazine groups is 1. The Morgan fingerprint density at radius 2 is 1.50 bits per heavy atom. The highest BCUT2D eigenvalue weighted by atomic mass is 35.5. The summed E-state index contributed by atoms with van der Waals surface area (Å²) in [7, 11) is 1.56. The van der Waals surface area contributed by atoms with Crippen LogP contribution in [0, 0.1) is 0 Å². The fraction of sp³-hybridized carbons (Fsp3) is 0.176. The molecule has 0 atom stereocenters. The zero-order chi connectivity index (χ0) is 17.4. The van der Waals surface area contributed by atoms with E-state index in [4.69, 9.17) is 21.1 Å². The average Bonchev–Trinajstić information content (AvgIpc) is 2.60. The van der Waals surface area contributed by atoms with Crippen LogP contribution in [0.25, 0.3) is 0 Å². The maximum atomic E-state index is 12.2. The van der Waals surface area contributed by atoms with E-state index >= 15 is 0 Å². The minimum Gasteiger partial charge on any atom is -0.490 e. The van der Waals surface area contributed by atoms with E-state index in [1.165, 1.54) is 0 Å². The Balaban J connectivity index is 2.00. The summed E-state index contributed by atoms with van der Waals surface area (Å²) >= 11 is 5.94. The number of nitrogens with one attached hydrogen (secondary N) is 2. The summed E-state index contributed by atoms with van der Waals surface area (Å²) in [6.07, 6.45) is 0. The summed E-state index contributed by atoms with van der Waals surface area (Å²) in [6.45, 7) is 0.714. The average molecular weight is 349 g/mol. The maximum absolute atomic E-state index is 12.2. The highest BCUT2D eigenvalue weighted by Gasteiger charge is 2.14. The molecule has 0 saturated heterocycles. The smallest absolute Gasteiger partial charge is 0.273 e. The Labute approximate surface area is 144 Å². The molecule has 126 valence electrons. The van der Waals surface area contributed by atoms with E-state index < -0.39 is 11.8 Å². The Kier molecular flexibility index (Phi) is 6.60. The fourth-order valence-corrected chi connectivity index (χ4v) is 2.13. The van der Waals surface area contributed by atoms with Crippen LogP contribution in [0.15, 0.2) is 48.5 Å². The lowest BCUT2D eigenvalue weighted by atomic mass is 10.2. The van der Waals surface area contributed by atoms with Crippen LogP contribution in [0.2, 0.25) is 5.02 Å². The third-order valence-electron chi connectivity index (χ3n) is 3.08. The van der Waals surface area contributed by atoms with Gasteiger partial charge >= 0.3 is 0 Å².